The third-order valence-corrected chi connectivity index (χ3v) is 9.41. The van der Waals surface area contributed by atoms with Crippen molar-refractivity contribution >= 4 is 29.5 Å². The first kappa shape index (κ1) is 32.1. The number of aromatic hydroxyl groups is 1. The number of carbonyl (C=O) groups is 3. The number of aliphatic hydroxyl groups excluding tert-OH is 1. The van der Waals surface area contributed by atoms with Crippen molar-refractivity contribution in [2.24, 2.45) is 0 Å². The molecule has 4 rings (SSSR count). The molecule has 1 heterocycles. The van der Waals surface area contributed by atoms with E-state index in [1.54, 1.807) is 40.6 Å². The largest absolute Gasteiger partial charge is 0.508 e. The van der Waals surface area contributed by atoms with Crippen molar-refractivity contribution in [1.29, 1.82) is 0 Å². The minimum absolute atomic E-state index is 0.00326. The van der Waals surface area contributed by atoms with Gasteiger partial charge in [0.15, 0.2) is 0 Å². The number of hydrogen-bond donors (Lipinski definition) is 3. The van der Waals surface area contributed by atoms with E-state index in [9.17, 15) is 24.6 Å². The van der Waals surface area contributed by atoms with E-state index in [1.807, 2.05) is 75.4 Å². The lowest BCUT2D eigenvalue weighted by Gasteiger charge is -2.35. The van der Waals surface area contributed by atoms with Crippen LogP contribution < -0.4 is 5.32 Å². The second-order valence-corrected chi connectivity index (χ2v) is 13.2. The summed E-state index contributed by atoms with van der Waals surface area (Å²) in [6.45, 7) is 7.89. The molecule has 1 saturated heterocycles. The van der Waals surface area contributed by atoms with Crippen LogP contribution in [-0.2, 0) is 22.6 Å². The summed E-state index contributed by atoms with van der Waals surface area (Å²) in [5.41, 5.74) is 3.80. The van der Waals surface area contributed by atoms with E-state index in [-0.39, 0.29) is 43.0 Å². The van der Waals surface area contributed by atoms with Gasteiger partial charge in [-0.1, -0.05) is 60.7 Å². The van der Waals surface area contributed by atoms with Crippen LogP contribution >= 0.6 is 11.8 Å². The van der Waals surface area contributed by atoms with Crippen molar-refractivity contribution in [2.45, 2.75) is 63.9 Å². The molecule has 1 aliphatic rings. The monoisotopic (exact) mass is 603 g/mol. The molecule has 0 saturated carbocycles. The summed E-state index contributed by atoms with van der Waals surface area (Å²) in [4.78, 5) is 44.7. The van der Waals surface area contributed by atoms with Gasteiger partial charge in [0.05, 0.1) is 12.5 Å². The standard InChI is InChI=1S/C34H41N3O5S/c1-23-11-8-9-14-26(23)21-36(17-18-38)33(42)31-34(3,4)43-22-37(31)30(40)20-27(19-25-12-6-5-7-13-25)35-32(41)28-15-10-16-29(39)24(28)2/h5-16,27,31,38-39H,17-22H2,1-4H3,(H,35,41)/t27-,31+/m0/s1. The molecule has 3 aromatic rings. The quantitative estimate of drug-likeness (QED) is 0.299. The number of phenols is 1. The summed E-state index contributed by atoms with van der Waals surface area (Å²) in [6.07, 6.45) is 0.416. The Morgan fingerprint density at radius 2 is 1.72 bits per heavy atom. The van der Waals surface area contributed by atoms with Crippen molar-refractivity contribution < 1.29 is 24.6 Å². The van der Waals surface area contributed by atoms with E-state index >= 15 is 0 Å². The van der Waals surface area contributed by atoms with Gasteiger partial charge < -0.3 is 25.3 Å². The minimum Gasteiger partial charge on any atom is -0.508 e. The van der Waals surface area contributed by atoms with Gasteiger partial charge in [-0.25, -0.2) is 0 Å². The lowest BCUT2D eigenvalue weighted by Crippen LogP contribution is -2.55. The molecule has 0 aromatic heterocycles. The highest BCUT2D eigenvalue weighted by atomic mass is 32.2. The number of carbonyl (C=O) groups excluding carboxylic acids is 3. The normalized spacial score (nSPS) is 16.5. The summed E-state index contributed by atoms with van der Waals surface area (Å²) in [5.74, 6) is -0.445. The smallest absolute Gasteiger partial charge is 0.251 e. The van der Waals surface area contributed by atoms with Crippen molar-refractivity contribution in [3.05, 3.63) is 101 Å². The highest BCUT2D eigenvalue weighted by Gasteiger charge is 2.49. The van der Waals surface area contributed by atoms with E-state index in [0.717, 1.165) is 16.7 Å². The number of nitrogens with zero attached hydrogens (tertiary/aromatic N) is 2. The van der Waals surface area contributed by atoms with Crippen LogP contribution in [0.5, 0.6) is 5.75 Å². The van der Waals surface area contributed by atoms with E-state index in [2.05, 4.69) is 5.32 Å². The van der Waals surface area contributed by atoms with E-state index in [1.165, 1.54) is 6.07 Å². The number of nitrogens with one attached hydrogen (secondary N) is 1. The van der Waals surface area contributed by atoms with Crippen LogP contribution in [0.3, 0.4) is 0 Å². The molecule has 0 radical (unpaired) electrons. The summed E-state index contributed by atoms with van der Waals surface area (Å²) in [6, 6.07) is 21.0. The number of rotatable bonds is 11. The topological polar surface area (TPSA) is 110 Å². The summed E-state index contributed by atoms with van der Waals surface area (Å²) in [7, 11) is 0. The van der Waals surface area contributed by atoms with Gasteiger partial charge in [0.25, 0.3) is 5.91 Å². The van der Waals surface area contributed by atoms with Crippen LogP contribution in [-0.4, -0.2) is 73.6 Å². The lowest BCUT2D eigenvalue weighted by atomic mass is 9.97. The van der Waals surface area contributed by atoms with E-state index < -0.39 is 16.8 Å². The fourth-order valence-corrected chi connectivity index (χ4v) is 6.65. The van der Waals surface area contributed by atoms with Gasteiger partial charge in [-0.2, -0.15) is 0 Å². The Labute approximate surface area is 258 Å². The average Bonchev–Trinajstić information content (AvgIpc) is 3.30. The molecular formula is C34H41N3O5S. The van der Waals surface area contributed by atoms with Gasteiger partial charge in [0, 0.05) is 41.4 Å². The van der Waals surface area contributed by atoms with Gasteiger partial charge in [0.2, 0.25) is 11.8 Å². The second-order valence-electron chi connectivity index (χ2n) is 11.6. The van der Waals surface area contributed by atoms with Crippen LogP contribution in [0.4, 0.5) is 0 Å². The van der Waals surface area contributed by atoms with Gasteiger partial charge >= 0.3 is 0 Å². The molecular weight excluding hydrogens is 562 g/mol. The average molecular weight is 604 g/mol. The van der Waals surface area contributed by atoms with Crippen molar-refractivity contribution in [2.75, 3.05) is 19.0 Å². The van der Waals surface area contributed by atoms with E-state index in [0.29, 0.717) is 30.0 Å². The van der Waals surface area contributed by atoms with Gasteiger partial charge in [-0.05, 0) is 62.9 Å². The maximum atomic E-state index is 14.1. The third kappa shape index (κ3) is 7.77. The van der Waals surface area contributed by atoms with E-state index in [4.69, 9.17) is 0 Å². The number of thioether (sulfide) groups is 1. The molecule has 3 amide bonds. The Morgan fingerprint density at radius 1 is 1.02 bits per heavy atom. The first-order chi connectivity index (χ1) is 20.5. The first-order valence-electron chi connectivity index (χ1n) is 14.5. The minimum atomic E-state index is -0.734. The number of amides is 3. The number of aryl methyl sites for hydroxylation is 1. The highest BCUT2D eigenvalue weighted by Crippen LogP contribution is 2.40. The van der Waals surface area contributed by atoms with Crippen LogP contribution in [0.15, 0.2) is 72.8 Å². The highest BCUT2D eigenvalue weighted by molar-refractivity contribution is 8.00. The fourth-order valence-electron chi connectivity index (χ4n) is 5.50. The predicted molar refractivity (Wildman–Crippen MR) is 170 cm³/mol. The Kier molecular flexibility index (Phi) is 10.5. The molecule has 0 spiro atoms. The van der Waals surface area contributed by atoms with Gasteiger partial charge in [0.1, 0.15) is 11.8 Å². The number of phenolic OH excluding ortho intramolecular Hbond substituents is 1. The lowest BCUT2D eigenvalue weighted by molar-refractivity contribution is -0.146. The molecule has 43 heavy (non-hydrogen) atoms. The zero-order valence-corrected chi connectivity index (χ0v) is 26.1. The Morgan fingerprint density at radius 3 is 2.42 bits per heavy atom. The second kappa shape index (κ2) is 14.1. The molecule has 2 atom stereocenters. The fraction of sp³-hybridized carbons (Fsp3) is 0.382. The molecule has 3 N–H and O–H groups in total. The number of benzene rings is 3. The Balaban J connectivity index is 1.57. The maximum Gasteiger partial charge on any atom is 0.251 e. The van der Waals surface area contributed by atoms with Crippen LogP contribution in [0.2, 0.25) is 0 Å². The molecule has 8 nitrogen and oxygen atoms in total. The van der Waals surface area contributed by atoms with Crippen molar-refractivity contribution in [3.63, 3.8) is 0 Å². The molecule has 1 aliphatic heterocycles. The summed E-state index contributed by atoms with van der Waals surface area (Å²) in [5, 5.41) is 23.0. The van der Waals surface area contributed by atoms with Gasteiger partial charge in [-0.3, -0.25) is 14.4 Å². The molecule has 9 heteroatoms. The SMILES string of the molecule is Cc1ccccc1CN(CCO)C(=O)[C@H]1N(C(=O)C[C@H](Cc2ccccc2)NC(=O)c2cccc(O)c2C)CSC1(C)C. The third-order valence-electron chi connectivity index (χ3n) is 8.04. The summed E-state index contributed by atoms with van der Waals surface area (Å²) < 4.78 is -0.553. The molecule has 0 aliphatic carbocycles. The predicted octanol–water partition coefficient (Wildman–Crippen LogP) is 4.44. The first-order valence-corrected chi connectivity index (χ1v) is 15.5. The van der Waals surface area contributed by atoms with Crippen LogP contribution in [0.25, 0.3) is 0 Å². The van der Waals surface area contributed by atoms with Crippen LogP contribution in [0, 0.1) is 13.8 Å². The van der Waals surface area contributed by atoms with Gasteiger partial charge in [-0.15, -0.1) is 11.8 Å². The zero-order valence-electron chi connectivity index (χ0n) is 25.2. The Bertz CT molecular complexity index is 1440. The number of aliphatic hydroxyl groups is 1. The Hall–Kier alpha value is -3.82. The molecule has 0 bridgehead atoms. The maximum absolute atomic E-state index is 14.1. The molecule has 228 valence electrons. The van der Waals surface area contributed by atoms with Crippen molar-refractivity contribution in [1.82, 2.24) is 15.1 Å². The van der Waals surface area contributed by atoms with Crippen LogP contribution in [0.1, 0.15) is 52.9 Å². The zero-order chi connectivity index (χ0) is 31.1. The number of hydrogen-bond acceptors (Lipinski definition) is 6. The summed E-state index contributed by atoms with van der Waals surface area (Å²) >= 11 is 1.54. The molecule has 0 unspecified atom stereocenters. The molecule has 1 fully saturated rings. The molecule has 3 aromatic carbocycles. The van der Waals surface area contributed by atoms with Crippen molar-refractivity contribution in [3.8, 4) is 5.75 Å².